The lowest BCUT2D eigenvalue weighted by molar-refractivity contribution is 0.235. The number of hydrogen-bond acceptors (Lipinski definition) is 8. The molecular weight excluding hydrogens is 351 g/mol. The van der Waals surface area contributed by atoms with Crippen molar-refractivity contribution in [1.29, 1.82) is 0 Å². The van der Waals surface area contributed by atoms with Gasteiger partial charge in [-0.25, -0.2) is 14.4 Å². The van der Waals surface area contributed by atoms with Crippen molar-refractivity contribution < 1.29 is 13.7 Å². The summed E-state index contributed by atoms with van der Waals surface area (Å²) in [6.07, 6.45) is 4.71. The Hall–Kier alpha value is -3.75. The van der Waals surface area contributed by atoms with Crippen molar-refractivity contribution >= 4 is 0 Å². The molecule has 0 amide bonds. The topological polar surface area (TPSA) is 99.7 Å². The van der Waals surface area contributed by atoms with Gasteiger partial charge in [0.15, 0.2) is 12.4 Å². The standard InChI is InChI=1S/C18H13FN6O2/c1-11-7-15(23-18(22-11)14-9-20-5-6-21-14)26-10-16-24-17(25-27-16)12-3-2-4-13(19)8-12/h2-9H,10H2,1H3. The SMILES string of the molecule is Cc1cc(OCc2nc(-c3cccc(F)c3)no2)nc(-c2cnccn2)n1. The van der Waals surface area contributed by atoms with Crippen LogP contribution in [0.1, 0.15) is 11.6 Å². The average molecular weight is 364 g/mol. The number of aromatic nitrogens is 6. The average Bonchev–Trinajstić information content (AvgIpc) is 3.16. The van der Waals surface area contributed by atoms with Gasteiger partial charge in [-0.05, 0) is 19.1 Å². The molecule has 8 nitrogen and oxygen atoms in total. The van der Waals surface area contributed by atoms with Crippen LogP contribution >= 0.6 is 0 Å². The zero-order valence-corrected chi connectivity index (χ0v) is 14.2. The molecule has 0 bridgehead atoms. The van der Waals surface area contributed by atoms with E-state index in [4.69, 9.17) is 9.26 Å². The van der Waals surface area contributed by atoms with E-state index in [1.807, 2.05) is 6.92 Å². The molecule has 0 fully saturated rings. The second kappa shape index (κ2) is 7.24. The summed E-state index contributed by atoms with van der Waals surface area (Å²) in [5, 5.41) is 3.84. The predicted molar refractivity (Wildman–Crippen MR) is 91.8 cm³/mol. The summed E-state index contributed by atoms with van der Waals surface area (Å²) in [6, 6.07) is 7.63. The van der Waals surface area contributed by atoms with E-state index in [-0.39, 0.29) is 24.1 Å². The maximum Gasteiger partial charge on any atom is 0.264 e. The summed E-state index contributed by atoms with van der Waals surface area (Å²) in [4.78, 5) is 21.0. The summed E-state index contributed by atoms with van der Waals surface area (Å²) in [7, 11) is 0. The lowest BCUT2D eigenvalue weighted by atomic mass is 10.2. The first-order chi connectivity index (χ1) is 13.2. The Bertz CT molecular complexity index is 1070. The predicted octanol–water partition coefficient (Wildman–Crippen LogP) is 3.01. The largest absolute Gasteiger partial charge is 0.467 e. The van der Waals surface area contributed by atoms with Gasteiger partial charge in [0, 0.05) is 29.7 Å². The Labute approximate surface area is 153 Å². The third-order valence-corrected chi connectivity index (χ3v) is 3.52. The molecule has 0 aliphatic rings. The Kier molecular flexibility index (Phi) is 4.48. The first kappa shape index (κ1) is 16.7. The van der Waals surface area contributed by atoms with Crippen molar-refractivity contribution in [3.63, 3.8) is 0 Å². The highest BCUT2D eigenvalue weighted by Gasteiger charge is 2.12. The van der Waals surface area contributed by atoms with Crippen LogP contribution in [0.15, 0.2) is 53.4 Å². The van der Waals surface area contributed by atoms with Gasteiger partial charge in [-0.2, -0.15) is 9.97 Å². The fraction of sp³-hybridized carbons (Fsp3) is 0.111. The fourth-order valence-electron chi connectivity index (χ4n) is 2.34. The molecule has 0 N–H and O–H groups in total. The molecule has 4 rings (SSSR count). The molecule has 0 aliphatic heterocycles. The maximum absolute atomic E-state index is 13.3. The van der Waals surface area contributed by atoms with Crippen LogP contribution in [0.3, 0.4) is 0 Å². The molecular formula is C18H13FN6O2. The van der Waals surface area contributed by atoms with Crippen LogP contribution < -0.4 is 4.74 Å². The summed E-state index contributed by atoms with van der Waals surface area (Å²) < 4.78 is 24.1. The third-order valence-electron chi connectivity index (χ3n) is 3.52. The van der Waals surface area contributed by atoms with Crippen molar-refractivity contribution in [2.24, 2.45) is 0 Å². The highest BCUT2D eigenvalue weighted by molar-refractivity contribution is 5.53. The van der Waals surface area contributed by atoms with Gasteiger partial charge in [-0.15, -0.1) is 0 Å². The Balaban J connectivity index is 1.50. The van der Waals surface area contributed by atoms with E-state index in [1.165, 1.54) is 12.1 Å². The molecule has 3 aromatic heterocycles. The van der Waals surface area contributed by atoms with Gasteiger partial charge in [0.2, 0.25) is 11.7 Å². The molecule has 0 radical (unpaired) electrons. The number of hydrogen-bond donors (Lipinski definition) is 0. The molecule has 0 saturated heterocycles. The van der Waals surface area contributed by atoms with E-state index in [0.717, 1.165) is 0 Å². The van der Waals surface area contributed by atoms with Crippen LogP contribution in [0, 0.1) is 12.7 Å². The van der Waals surface area contributed by atoms with Gasteiger partial charge in [0.25, 0.3) is 5.89 Å². The van der Waals surface area contributed by atoms with E-state index in [9.17, 15) is 4.39 Å². The Morgan fingerprint density at radius 2 is 2.00 bits per heavy atom. The molecule has 134 valence electrons. The minimum absolute atomic E-state index is 0.0126. The summed E-state index contributed by atoms with van der Waals surface area (Å²) in [5.74, 6) is 0.902. The van der Waals surface area contributed by atoms with Crippen molar-refractivity contribution in [2.75, 3.05) is 0 Å². The number of nitrogens with zero attached hydrogens (tertiary/aromatic N) is 6. The number of benzene rings is 1. The van der Waals surface area contributed by atoms with Crippen LogP contribution in [0.2, 0.25) is 0 Å². The summed E-state index contributed by atoms with van der Waals surface area (Å²) in [6.45, 7) is 1.84. The molecule has 0 saturated carbocycles. The van der Waals surface area contributed by atoms with Crippen molar-refractivity contribution in [2.45, 2.75) is 13.5 Å². The highest BCUT2D eigenvalue weighted by Crippen LogP contribution is 2.19. The van der Waals surface area contributed by atoms with Crippen molar-refractivity contribution in [1.82, 2.24) is 30.1 Å². The number of ether oxygens (including phenoxy) is 1. The normalized spacial score (nSPS) is 10.7. The second-order valence-electron chi connectivity index (χ2n) is 5.57. The molecule has 3 heterocycles. The zero-order valence-electron chi connectivity index (χ0n) is 14.2. The van der Waals surface area contributed by atoms with Crippen LogP contribution in [0.25, 0.3) is 22.9 Å². The van der Waals surface area contributed by atoms with Crippen LogP contribution in [0.4, 0.5) is 4.39 Å². The summed E-state index contributed by atoms with van der Waals surface area (Å²) >= 11 is 0. The summed E-state index contributed by atoms with van der Waals surface area (Å²) in [5.41, 5.74) is 1.77. The monoisotopic (exact) mass is 364 g/mol. The van der Waals surface area contributed by atoms with Gasteiger partial charge in [0.05, 0.1) is 6.20 Å². The lowest BCUT2D eigenvalue weighted by Gasteiger charge is -2.05. The van der Waals surface area contributed by atoms with Crippen molar-refractivity contribution in [3.8, 4) is 28.8 Å². The molecule has 0 aliphatic carbocycles. The van der Waals surface area contributed by atoms with Crippen LogP contribution in [-0.2, 0) is 6.61 Å². The van der Waals surface area contributed by atoms with E-state index in [1.54, 1.807) is 36.8 Å². The van der Waals surface area contributed by atoms with Crippen LogP contribution in [-0.4, -0.2) is 30.1 Å². The highest BCUT2D eigenvalue weighted by atomic mass is 19.1. The Morgan fingerprint density at radius 1 is 1.07 bits per heavy atom. The van der Waals surface area contributed by atoms with Gasteiger partial charge in [-0.3, -0.25) is 4.98 Å². The molecule has 27 heavy (non-hydrogen) atoms. The molecule has 0 unspecified atom stereocenters. The van der Waals surface area contributed by atoms with Gasteiger partial charge < -0.3 is 9.26 Å². The van der Waals surface area contributed by atoms with E-state index in [2.05, 4.69) is 30.1 Å². The molecule has 0 spiro atoms. The minimum atomic E-state index is -0.372. The zero-order chi connectivity index (χ0) is 18.6. The number of rotatable bonds is 5. The van der Waals surface area contributed by atoms with Crippen LogP contribution in [0.5, 0.6) is 5.88 Å². The minimum Gasteiger partial charge on any atom is -0.467 e. The molecule has 9 heteroatoms. The molecule has 4 aromatic rings. The van der Waals surface area contributed by atoms with Gasteiger partial charge in [0.1, 0.15) is 11.5 Å². The number of aryl methyl sites for hydroxylation is 1. The van der Waals surface area contributed by atoms with E-state index in [0.29, 0.717) is 28.7 Å². The van der Waals surface area contributed by atoms with E-state index < -0.39 is 0 Å². The first-order valence-corrected chi connectivity index (χ1v) is 8.01. The molecule has 0 atom stereocenters. The number of halogens is 1. The maximum atomic E-state index is 13.3. The second-order valence-corrected chi connectivity index (χ2v) is 5.57. The van der Waals surface area contributed by atoms with E-state index >= 15 is 0 Å². The quantitative estimate of drug-likeness (QED) is 0.533. The fourth-order valence-corrected chi connectivity index (χ4v) is 2.34. The third kappa shape index (κ3) is 3.92. The lowest BCUT2D eigenvalue weighted by Crippen LogP contribution is -2.01. The van der Waals surface area contributed by atoms with Crippen molar-refractivity contribution in [3.05, 3.63) is 66.3 Å². The molecule has 1 aromatic carbocycles. The smallest absolute Gasteiger partial charge is 0.264 e. The van der Waals surface area contributed by atoms with Gasteiger partial charge in [-0.1, -0.05) is 17.3 Å². The first-order valence-electron chi connectivity index (χ1n) is 8.01. The Morgan fingerprint density at radius 3 is 2.81 bits per heavy atom. The van der Waals surface area contributed by atoms with Gasteiger partial charge >= 0.3 is 0 Å².